The number of hydrogen-bond acceptors (Lipinski definition) is 7. The Bertz CT molecular complexity index is 1500. The van der Waals surface area contributed by atoms with Crippen LogP contribution in [-0.4, -0.2) is 40.1 Å². The fourth-order valence-corrected chi connectivity index (χ4v) is 6.29. The molecule has 2 aliphatic heterocycles. The maximum absolute atomic E-state index is 16.3. The largest absolute Gasteiger partial charge is 0.417 e. The molecule has 2 atom stereocenters. The van der Waals surface area contributed by atoms with Gasteiger partial charge in [-0.2, -0.15) is 13.2 Å². The molecule has 0 spiro atoms. The molecule has 0 saturated carbocycles. The Kier molecular flexibility index (Phi) is 5.34. The lowest BCUT2D eigenvalue weighted by molar-refractivity contribution is -0.137. The zero-order chi connectivity index (χ0) is 25.4. The third kappa shape index (κ3) is 3.67. The SMILES string of the molecule is CCc1nc(N2CC3CCC(C2)N3)c2cc(C(F)(F)F)c(-c3ccc(C)c4sc(N)nc34)c(F)c2n1. The molecule has 6 nitrogen and oxygen atoms in total. The molecule has 2 aliphatic rings. The Labute approximate surface area is 208 Å². The summed E-state index contributed by atoms with van der Waals surface area (Å²) in [5, 5.41) is 3.79. The van der Waals surface area contributed by atoms with Crippen LogP contribution in [0.4, 0.5) is 28.5 Å². The highest BCUT2D eigenvalue weighted by Crippen LogP contribution is 2.46. The van der Waals surface area contributed by atoms with Gasteiger partial charge >= 0.3 is 6.18 Å². The first-order valence-electron chi connectivity index (χ1n) is 11.9. The number of benzene rings is 2. The Morgan fingerprint density at radius 2 is 1.83 bits per heavy atom. The van der Waals surface area contributed by atoms with E-state index < -0.39 is 23.1 Å². The standard InChI is InChI=1S/C25H24F4N6S/c1-3-17-32-20-15(23(33-17)35-9-12-5-6-13(10-35)31-12)8-16(25(27,28)29)18(19(20)26)14-7-4-11(2)22-21(14)34-24(30)36-22/h4,7-8,12-13,31H,3,5-6,9-10H2,1-2H3,(H2,30,34). The molecule has 0 radical (unpaired) electrons. The number of rotatable bonds is 3. The monoisotopic (exact) mass is 516 g/mol. The van der Waals surface area contributed by atoms with E-state index in [1.54, 1.807) is 6.07 Å². The molecule has 2 aromatic heterocycles. The fraction of sp³-hybridized carbons (Fsp3) is 0.400. The minimum atomic E-state index is -4.81. The summed E-state index contributed by atoms with van der Waals surface area (Å²) in [5.74, 6) is -0.272. The van der Waals surface area contributed by atoms with Gasteiger partial charge in [0, 0.05) is 48.1 Å². The number of nitrogens with two attached hydrogens (primary N) is 1. The molecule has 0 aliphatic carbocycles. The van der Waals surface area contributed by atoms with Crippen LogP contribution in [0, 0.1) is 12.7 Å². The number of halogens is 4. The van der Waals surface area contributed by atoms with Crippen LogP contribution < -0.4 is 16.0 Å². The van der Waals surface area contributed by atoms with Crippen molar-refractivity contribution in [3.8, 4) is 11.1 Å². The van der Waals surface area contributed by atoms with E-state index in [0.29, 0.717) is 35.9 Å². The Hall–Kier alpha value is -3.05. The van der Waals surface area contributed by atoms with Crippen LogP contribution in [0.25, 0.3) is 32.2 Å². The number of nitrogens with one attached hydrogen (secondary N) is 1. The van der Waals surface area contributed by atoms with Crippen LogP contribution in [0.15, 0.2) is 18.2 Å². The first-order valence-corrected chi connectivity index (χ1v) is 12.7. The van der Waals surface area contributed by atoms with Crippen LogP contribution in [0.1, 0.15) is 36.7 Å². The van der Waals surface area contributed by atoms with Gasteiger partial charge in [-0.15, -0.1) is 0 Å². The van der Waals surface area contributed by atoms with Crippen LogP contribution in [0.5, 0.6) is 0 Å². The third-order valence-corrected chi connectivity index (χ3v) is 8.14. The summed E-state index contributed by atoms with van der Waals surface area (Å²) in [6, 6.07) is 4.63. The Balaban J connectivity index is 1.66. The van der Waals surface area contributed by atoms with Gasteiger partial charge in [0.25, 0.3) is 0 Å². The van der Waals surface area contributed by atoms with Gasteiger partial charge in [-0.1, -0.05) is 30.4 Å². The predicted octanol–water partition coefficient (Wildman–Crippen LogP) is 5.46. The summed E-state index contributed by atoms with van der Waals surface area (Å²) in [5.41, 5.74) is 5.26. The van der Waals surface area contributed by atoms with E-state index in [1.807, 2.05) is 18.7 Å². The zero-order valence-electron chi connectivity index (χ0n) is 19.7. The smallest absolute Gasteiger partial charge is 0.375 e. The lowest BCUT2D eigenvalue weighted by Gasteiger charge is -2.34. The van der Waals surface area contributed by atoms with Crippen LogP contribution in [0.3, 0.4) is 0 Å². The molecule has 0 amide bonds. The van der Waals surface area contributed by atoms with E-state index in [4.69, 9.17) is 5.73 Å². The summed E-state index contributed by atoms with van der Waals surface area (Å²) >= 11 is 1.17. The topological polar surface area (TPSA) is 80.0 Å². The number of nitrogens with zero attached hydrogens (tertiary/aromatic N) is 4. The molecule has 3 N–H and O–H groups in total. The number of hydrogen-bond donors (Lipinski definition) is 2. The van der Waals surface area contributed by atoms with Gasteiger partial charge in [-0.3, -0.25) is 0 Å². The van der Waals surface area contributed by atoms with E-state index in [1.165, 1.54) is 17.4 Å². The number of aromatic nitrogens is 3. The van der Waals surface area contributed by atoms with Crippen molar-refractivity contribution in [2.24, 2.45) is 0 Å². The highest BCUT2D eigenvalue weighted by atomic mass is 32.1. The van der Waals surface area contributed by atoms with Gasteiger partial charge in [-0.25, -0.2) is 19.3 Å². The van der Waals surface area contributed by atoms with Gasteiger partial charge in [-0.05, 0) is 31.4 Å². The van der Waals surface area contributed by atoms with Gasteiger partial charge in [0.2, 0.25) is 0 Å². The summed E-state index contributed by atoms with van der Waals surface area (Å²) in [4.78, 5) is 15.2. The van der Waals surface area contributed by atoms with Crippen molar-refractivity contribution in [1.82, 2.24) is 20.3 Å². The average molecular weight is 517 g/mol. The molecule has 6 rings (SSSR count). The normalized spacial score (nSPS) is 20.1. The van der Waals surface area contributed by atoms with E-state index in [2.05, 4.69) is 20.3 Å². The molecule has 2 bridgehead atoms. The number of alkyl halides is 3. The predicted molar refractivity (Wildman–Crippen MR) is 134 cm³/mol. The molecule has 2 saturated heterocycles. The first kappa shape index (κ1) is 23.4. The zero-order valence-corrected chi connectivity index (χ0v) is 20.5. The molecule has 188 valence electrons. The quantitative estimate of drug-likeness (QED) is 0.352. The lowest BCUT2D eigenvalue weighted by Crippen LogP contribution is -2.51. The molecule has 2 aromatic carbocycles. The van der Waals surface area contributed by atoms with E-state index in [9.17, 15) is 13.2 Å². The van der Waals surface area contributed by atoms with Crippen molar-refractivity contribution < 1.29 is 17.6 Å². The number of thiazole rings is 1. The second-order valence-electron chi connectivity index (χ2n) is 9.53. The van der Waals surface area contributed by atoms with Crippen LogP contribution >= 0.6 is 11.3 Å². The van der Waals surface area contributed by atoms with Crippen molar-refractivity contribution in [3.63, 3.8) is 0 Å². The lowest BCUT2D eigenvalue weighted by atomic mass is 9.94. The second-order valence-corrected chi connectivity index (χ2v) is 10.6. The van der Waals surface area contributed by atoms with Crippen molar-refractivity contribution in [2.45, 2.75) is 51.4 Å². The number of fused-ring (bicyclic) bond motifs is 4. The summed E-state index contributed by atoms with van der Waals surface area (Å²) < 4.78 is 60.5. The number of piperazine rings is 1. The minimum Gasteiger partial charge on any atom is -0.375 e. The van der Waals surface area contributed by atoms with E-state index in [-0.39, 0.29) is 39.2 Å². The van der Waals surface area contributed by atoms with Crippen LogP contribution in [-0.2, 0) is 12.6 Å². The summed E-state index contributed by atoms with van der Waals surface area (Å²) in [6.45, 7) is 4.87. The second kappa shape index (κ2) is 8.24. The molecule has 4 aromatic rings. The molecule has 2 unspecified atom stereocenters. The van der Waals surface area contributed by atoms with Crippen molar-refractivity contribution in [2.75, 3.05) is 23.7 Å². The molecule has 4 heterocycles. The summed E-state index contributed by atoms with van der Waals surface area (Å²) in [7, 11) is 0. The number of aryl methyl sites for hydroxylation is 2. The summed E-state index contributed by atoms with van der Waals surface area (Å²) in [6.07, 6.45) is -2.39. The van der Waals surface area contributed by atoms with Gasteiger partial charge < -0.3 is 16.0 Å². The molecular formula is C25H24F4N6S. The molecule has 11 heteroatoms. The highest BCUT2D eigenvalue weighted by Gasteiger charge is 2.39. The molecular weight excluding hydrogens is 492 g/mol. The maximum Gasteiger partial charge on any atom is 0.417 e. The average Bonchev–Trinajstić information content (AvgIpc) is 3.40. The van der Waals surface area contributed by atoms with Gasteiger partial charge in [0.1, 0.15) is 17.2 Å². The van der Waals surface area contributed by atoms with Crippen LogP contribution in [0.2, 0.25) is 0 Å². The minimum absolute atomic E-state index is 0.0497. The fourth-order valence-electron chi connectivity index (χ4n) is 5.46. The Morgan fingerprint density at radius 3 is 2.50 bits per heavy atom. The van der Waals surface area contributed by atoms with Gasteiger partial charge in [0.05, 0.1) is 15.8 Å². The van der Waals surface area contributed by atoms with Crippen molar-refractivity contribution in [3.05, 3.63) is 41.0 Å². The first-order chi connectivity index (χ1) is 17.1. The van der Waals surface area contributed by atoms with Crippen molar-refractivity contribution in [1.29, 1.82) is 0 Å². The van der Waals surface area contributed by atoms with Gasteiger partial charge in [0.15, 0.2) is 10.9 Å². The molecule has 36 heavy (non-hydrogen) atoms. The van der Waals surface area contributed by atoms with Crippen molar-refractivity contribution >= 4 is 43.4 Å². The third-order valence-electron chi connectivity index (χ3n) is 7.12. The van der Waals surface area contributed by atoms with E-state index in [0.717, 1.165) is 24.5 Å². The maximum atomic E-state index is 16.3. The van der Waals surface area contributed by atoms with E-state index >= 15 is 4.39 Å². The number of nitrogen functional groups attached to an aromatic ring is 1. The molecule has 2 fully saturated rings. The number of anilines is 2. The Morgan fingerprint density at radius 1 is 1.11 bits per heavy atom. The highest BCUT2D eigenvalue weighted by molar-refractivity contribution is 7.22.